The van der Waals surface area contributed by atoms with Crippen LogP contribution in [0.4, 0.5) is 0 Å². The smallest absolute Gasteiger partial charge is 0.307 e. The fourth-order valence-corrected chi connectivity index (χ4v) is 1.44. The molecule has 0 aliphatic carbocycles. The highest BCUT2D eigenvalue weighted by Gasteiger charge is 2.18. The van der Waals surface area contributed by atoms with Crippen LogP contribution in [0, 0.1) is 5.92 Å². The van der Waals surface area contributed by atoms with Crippen LogP contribution in [-0.2, 0) is 18.3 Å². The van der Waals surface area contributed by atoms with Crippen molar-refractivity contribution in [3.8, 4) is 0 Å². The van der Waals surface area contributed by atoms with Crippen LogP contribution in [0.5, 0.6) is 0 Å². The standard InChI is InChI=1S/C11H19N3O2/c1-8(11(15)16)9(2)12-5-4-10-6-13-14(3)7-10/h6-9,12H,4-5H2,1-3H3,(H,15,16). The molecule has 2 N–H and O–H groups in total. The van der Waals surface area contributed by atoms with Crippen molar-refractivity contribution in [1.29, 1.82) is 0 Å². The van der Waals surface area contributed by atoms with E-state index in [1.807, 2.05) is 26.4 Å². The SMILES string of the molecule is CC(NCCc1cnn(C)c1)C(C)C(=O)O. The molecule has 0 radical (unpaired) electrons. The van der Waals surface area contributed by atoms with Gasteiger partial charge in [-0.3, -0.25) is 9.48 Å². The molecule has 0 saturated carbocycles. The number of nitrogens with one attached hydrogen (secondary N) is 1. The summed E-state index contributed by atoms with van der Waals surface area (Å²) in [5.74, 6) is -1.13. The van der Waals surface area contributed by atoms with Crippen LogP contribution >= 0.6 is 0 Å². The second-order valence-electron chi connectivity index (χ2n) is 4.14. The molecule has 0 fully saturated rings. The maximum Gasteiger partial charge on any atom is 0.307 e. The van der Waals surface area contributed by atoms with Crippen molar-refractivity contribution < 1.29 is 9.90 Å². The number of nitrogens with zero attached hydrogens (tertiary/aromatic N) is 2. The first-order valence-corrected chi connectivity index (χ1v) is 5.44. The second kappa shape index (κ2) is 5.65. The lowest BCUT2D eigenvalue weighted by Gasteiger charge is -2.17. The molecular formula is C11H19N3O2. The Hall–Kier alpha value is -1.36. The van der Waals surface area contributed by atoms with Crippen LogP contribution in [0.25, 0.3) is 0 Å². The lowest BCUT2D eigenvalue weighted by atomic mass is 10.0. The zero-order valence-corrected chi connectivity index (χ0v) is 9.97. The van der Waals surface area contributed by atoms with Crippen molar-refractivity contribution in [2.24, 2.45) is 13.0 Å². The van der Waals surface area contributed by atoms with Gasteiger partial charge in [-0.2, -0.15) is 5.10 Å². The molecule has 0 amide bonds. The largest absolute Gasteiger partial charge is 0.481 e. The summed E-state index contributed by atoms with van der Waals surface area (Å²) in [6, 6.07) is -0.0193. The van der Waals surface area contributed by atoms with Crippen LogP contribution < -0.4 is 5.32 Å². The van der Waals surface area contributed by atoms with E-state index >= 15 is 0 Å². The lowest BCUT2D eigenvalue weighted by molar-refractivity contribution is -0.141. The molecule has 5 heteroatoms. The minimum atomic E-state index is -0.763. The molecule has 90 valence electrons. The number of aryl methyl sites for hydroxylation is 1. The fourth-order valence-electron chi connectivity index (χ4n) is 1.44. The summed E-state index contributed by atoms with van der Waals surface area (Å²) < 4.78 is 1.76. The van der Waals surface area contributed by atoms with Crippen molar-refractivity contribution in [2.75, 3.05) is 6.54 Å². The summed E-state index contributed by atoms with van der Waals surface area (Å²) in [7, 11) is 1.88. The van der Waals surface area contributed by atoms with E-state index < -0.39 is 5.97 Å². The molecular weight excluding hydrogens is 206 g/mol. The topological polar surface area (TPSA) is 67.2 Å². The Balaban J connectivity index is 2.27. The predicted octanol–water partition coefficient (Wildman–Crippen LogP) is 0.661. The normalized spacial score (nSPS) is 14.7. The van der Waals surface area contributed by atoms with E-state index in [1.54, 1.807) is 11.6 Å². The van der Waals surface area contributed by atoms with Gasteiger partial charge in [0.25, 0.3) is 0 Å². The van der Waals surface area contributed by atoms with Crippen LogP contribution in [0.3, 0.4) is 0 Å². The molecule has 0 spiro atoms. The van der Waals surface area contributed by atoms with Gasteiger partial charge in [0.2, 0.25) is 0 Å². The molecule has 16 heavy (non-hydrogen) atoms. The van der Waals surface area contributed by atoms with Crippen molar-refractivity contribution in [2.45, 2.75) is 26.3 Å². The van der Waals surface area contributed by atoms with E-state index in [2.05, 4.69) is 10.4 Å². The fraction of sp³-hybridized carbons (Fsp3) is 0.636. The summed E-state index contributed by atoms with van der Waals surface area (Å²) in [5, 5.41) is 16.1. The highest BCUT2D eigenvalue weighted by atomic mass is 16.4. The maximum absolute atomic E-state index is 10.7. The molecule has 5 nitrogen and oxygen atoms in total. The van der Waals surface area contributed by atoms with Gasteiger partial charge in [0.05, 0.1) is 12.1 Å². The molecule has 0 bridgehead atoms. The van der Waals surface area contributed by atoms with Gasteiger partial charge >= 0.3 is 5.97 Å². The lowest BCUT2D eigenvalue weighted by Crippen LogP contribution is -2.37. The van der Waals surface area contributed by atoms with Crippen molar-refractivity contribution in [1.82, 2.24) is 15.1 Å². The van der Waals surface area contributed by atoms with Gasteiger partial charge in [-0.05, 0) is 25.5 Å². The third-order valence-corrected chi connectivity index (χ3v) is 2.78. The van der Waals surface area contributed by atoms with Gasteiger partial charge in [0.1, 0.15) is 0 Å². The van der Waals surface area contributed by atoms with Gasteiger partial charge in [0, 0.05) is 19.3 Å². The summed E-state index contributed by atoms with van der Waals surface area (Å²) >= 11 is 0. The summed E-state index contributed by atoms with van der Waals surface area (Å²) in [6.45, 7) is 4.37. The van der Waals surface area contributed by atoms with E-state index in [9.17, 15) is 4.79 Å². The van der Waals surface area contributed by atoms with Crippen LogP contribution in [0.15, 0.2) is 12.4 Å². The van der Waals surface area contributed by atoms with E-state index in [0.29, 0.717) is 0 Å². The number of carbonyl (C=O) groups is 1. The van der Waals surface area contributed by atoms with Gasteiger partial charge in [0.15, 0.2) is 0 Å². The molecule has 2 atom stereocenters. The molecule has 1 rings (SSSR count). The van der Waals surface area contributed by atoms with Crippen LogP contribution in [0.1, 0.15) is 19.4 Å². The Bertz CT molecular complexity index is 349. The third-order valence-electron chi connectivity index (χ3n) is 2.78. The van der Waals surface area contributed by atoms with Gasteiger partial charge < -0.3 is 10.4 Å². The molecule has 0 aliphatic rings. The zero-order valence-electron chi connectivity index (χ0n) is 9.97. The Morgan fingerprint density at radius 2 is 2.31 bits per heavy atom. The number of hydrogen-bond acceptors (Lipinski definition) is 3. The van der Waals surface area contributed by atoms with Crippen molar-refractivity contribution >= 4 is 5.97 Å². The van der Waals surface area contributed by atoms with Gasteiger partial charge in [-0.1, -0.05) is 6.92 Å². The quantitative estimate of drug-likeness (QED) is 0.746. The average Bonchev–Trinajstić information content (AvgIpc) is 2.62. The monoisotopic (exact) mass is 225 g/mol. The molecule has 0 aromatic carbocycles. The van der Waals surface area contributed by atoms with Crippen LogP contribution in [-0.4, -0.2) is 33.4 Å². The number of carboxylic acid groups (broad SMARTS) is 1. The minimum absolute atomic E-state index is 0.0193. The Morgan fingerprint density at radius 3 is 2.81 bits per heavy atom. The highest BCUT2D eigenvalue weighted by Crippen LogP contribution is 2.03. The van der Waals surface area contributed by atoms with E-state index in [4.69, 9.17) is 5.11 Å². The van der Waals surface area contributed by atoms with E-state index in [1.165, 1.54) is 0 Å². The molecule has 0 saturated heterocycles. The summed E-state index contributed by atoms with van der Waals surface area (Å²) in [6.07, 6.45) is 4.66. The third kappa shape index (κ3) is 3.66. The average molecular weight is 225 g/mol. The molecule has 1 aromatic rings. The Kier molecular flexibility index (Phi) is 4.49. The second-order valence-corrected chi connectivity index (χ2v) is 4.14. The first kappa shape index (κ1) is 12.7. The maximum atomic E-state index is 10.7. The van der Waals surface area contributed by atoms with Crippen molar-refractivity contribution in [3.63, 3.8) is 0 Å². The predicted molar refractivity (Wildman–Crippen MR) is 61.2 cm³/mol. The molecule has 0 aliphatic heterocycles. The first-order chi connectivity index (χ1) is 7.50. The molecule has 1 heterocycles. The summed E-state index contributed by atoms with van der Waals surface area (Å²) in [4.78, 5) is 10.7. The highest BCUT2D eigenvalue weighted by molar-refractivity contribution is 5.70. The number of aromatic nitrogens is 2. The zero-order chi connectivity index (χ0) is 12.1. The number of aliphatic carboxylic acids is 1. The van der Waals surface area contributed by atoms with Crippen LogP contribution in [0.2, 0.25) is 0 Å². The van der Waals surface area contributed by atoms with E-state index in [0.717, 1.165) is 18.5 Å². The number of rotatable bonds is 6. The number of hydrogen-bond donors (Lipinski definition) is 2. The number of carboxylic acids is 1. The Labute approximate surface area is 95.5 Å². The van der Waals surface area contributed by atoms with E-state index in [-0.39, 0.29) is 12.0 Å². The first-order valence-electron chi connectivity index (χ1n) is 5.44. The van der Waals surface area contributed by atoms with Gasteiger partial charge in [-0.25, -0.2) is 0 Å². The minimum Gasteiger partial charge on any atom is -0.481 e. The van der Waals surface area contributed by atoms with Gasteiger partial charge in [-0.15, -0.1) is 0 Å². The molecule has 2 unspecified atom stereocenters. The van der Waals surface area contributed by atoms with Crippen molar-refractivity contribution in [3.05, 3.63) is 18.0 Å². The Morgan fingerprint density at radius 1 is 1.62 bits per heavy atom. The summed E-state index contributed by atoms with van der Waals surface area (Å²) in [5.41, 5.74) is 1.16. The molecule has 1 aromatic heterocycles.